The van der Waals surface area contributed by atoms with E-state index in [2.05, 4.69) is 56.7 Å². The van der Waals surface area contributed by atoms with Gasteiger partial charge in [-0.1, -0.05) is 65.8 Å². The molecule has 0 aromatic heterocycles. The van der Waals surface area contributed by atoms with Gasteiger partial charge in [0, 0.05) is 12.5 Å². The SMILES string of the molecule is CCC(C)(C)C(=O)OC12CC3CC(C1)CC(C(=O)[N-]S(=O)(=O)C(F)(F)F)(C3)C2.CCC(C)(C)C(=O)OCCOCCOC.CCC(C)c1ccc(C(C)C)cc1.[K+]. The average Bonchev–Trinajstić information content (AvgIpc) is 3.11. The number of ether oxygens (including phenoxy) is 4. The summed E-state index contributed by atoms with van der Waals surface area (Å²) < 4.78 is 84.3. The summed E-state index contributed by atoms with van der Waals surface area (Å²) in [7, 11) is -4.27. The Morgan fingerprint density at radius 3 is 1.75 bits per heavy atom. The first-order chi connectivity index (χ1) is 25.8. The minimum Gasteiger partial charge on any atom is -0.538 e. The molecule has 4 aliphatic carbocycles. The smallest absolute Gasteiger partial charge is 0.538 e. The number of hydrogen-bond donors (Lipinski definition) is 0. The number of methoxy groups -OCH3 is 1. The second-order valence-corrected chi connectivity index (χ2v) is 19.1. The van der Waals surface area contributed by atoms with E-state index in [1.165, 1.54) is 17.5 Å². The Labute approximate surface area is 382 Å². The van der Waals surface area contributed by atoms with E-state index in [4.69, 9.17) is 18.9 Å². The molecule has 0 radical (unpaired) electrons. The summed E-state index contributed by atoms with van der Waals surface area (Å²) in [6, 6.07) is 9.05. The summed E-state index contributed by atoms with van der Waals surface area (Å²) in [5.41, 5.74) is -6.06. The van der Waals surface area contributed by atoms with Crippen molar-refractivity contribution in [3.8, 4) is 0 Å². The molecule has 0 heterocycles. The average molecular weight is 858 g/mol. The molecule has 3 atom stereocenters. The van der Waals surface area contributed by atoms with Gasteiger partial charge < -0.3 is 28.5 Å². The Morgan fingerprint density at radius 1 is 0.807 bits per heavy atom. The van der Waals surface area contributed by atoms with Crippen LogP contribution in [-0.4, -0.2) is 70.9 Å². The van der Waals surface area contributed by atoms with Crippen LogP contribution in [0.1, 0.15) is 150 Å². The number of amides is 1. The topological polar surface area (TPSA) is 136 Å². The zero-order chi connectivity index (χ0) is 42.8. The number of carbonyl (C=O) groups is 3. The van der Waals surface area contributed by atoms with E-state index in [1.54, 1.807) is 21.0 Å². The molecule has 0 saturated heterocycles. The molecule has 15 heteroatoms. The van der Waals surface area contributed by atoms with Crippen LogP contribution in [0.15, 0.2) is 24.3 Å². The maximum Gasteiger partial charge on any atom is 1.00 e. The van der Waals surface area contributed by atoms with Crippen molar-refractivity contribution in [2.75, 3.05) is 33.5 Å². The van der Waals surface area contributed by atoms with Crippen LogP contribution in [0.25, 0.3) is 4.72 Å². The van der Waals surface area contributed by atoms with Gasteiger partial charge in [0.05, 0.1) is 36.6 Å². The molecule has 3 unspecified atom stereocenters. The molecule has 322 valence electrons. The fourth-order valence-corrected chi connectivity index (χ4v) is 8.02. The summed E-state index contributed by atoms with van der Waals surface area (Å²) in [5.74, 6) is -0.473. The van der Waals surface area contributed by atoms with Crippen LogP contribution >= 0.6 is 0 Å². The van der Waals surface area contributed by atoms with Crippen molar-refractivity contribution >= 4 is 27.9 Å². The van der Waals surface area contributed by atoms with Gasteiger partial charge in [0.25, 0.3) is 0 Å². The second-order valence-electron chi connectivity index (χ2n) is 17.5. The van der Waals surface area contributed by atoms with Crippen molar-refractivity contribution < 1.29 is 106 Å². The quantitative estimate of drug-likeness (QED) is 0.0978. The van der Waals surface area contributed by atoms with E-state index in [-0.39, 0.29) is 88.5 Å². The summed E-state index contributed by atoms with van der Waals surface area (Å²) >= 11 is 0. The number of nitrogens with zero attached hydrogens (tertiary/aromatic N) is 1. The van der Waals surface area contributed by atoms with Gasteiger partial charge in [-0.3, -0.25) is 9.59 Å². The monoisotopic (exact) mass is 857 g/mol. The Kier molecular flexibility index (Phi) is 21.5. The van der Waals surface area contributed by atoms with Gasteiger partial charge in [0.1, 0.15) is 12.2 Å². The summed E-state index contributed by atoms with van der Waals surface area (Å²) in [6.45, 7) is 21.9. The number of halogens is 3. The molecule has 0 aliphatic heterocycles. The van der Waals surface area contributed by atoms with E-state index >= 15 is 0 Å². The molecule has 5 rings (SSSR count). The fraction of sp³-hybridized carbons (Fsp3) is 0.786. The standard InChI is InChI=1S/C18H26F3NO5S.C13H20.C11H22O4.K/c1-4-15(2,3)14(24)27-17-8-11-5-12(9-17)7-16(6-11,10-17)13(23)22-28(25,26)18(19,20)21;1-5-11(4)13-8-6-12(7-9-13)10(2)3;1-5-11(2,3)10(12)15-9-8-14-7-6-13-4;/h11-12H,4-10H2,1-3H3,(H,22,23);6-11H,5H2,1-4H3;5-9H2,1-4H3;/q;;;+1/p-1. The molecular weight excluding hydrogens is 791 g/mol. The Balaban J connectivity index is 0.000000474. The van der Waals surface area contributed by atoms with Crippen molar-refractivity contribution in [2.45, 2.75) is 150 Å². The molecule has 4 saturated carbocycles. The fourth-order valence-electron chi connectivity index (χ4n) is 7.51. The normalized spacial score (nSPS) is 23.2. The molecule has 10 nitrogen and oxygen atoms in total. The molecule has 4 bridgehead atoms. The van der Waals surface area contributed by atoms with Gasteiger partial charge in [0.15, 0.2) is 10.0 Å². The van der Waals surface area contributed by atoms with E-state index < -0.39 is 49.3 Å². The van der Waals surface area contributed by atoms with Crippen molar-refractivity contribution in [3.05, 3.63) is 40.1 Å². The molecule has 0 spiro atoms. The van der Waals surface area contributed by atoms with Gasteiger partial charge in [-0.25, -0.2) is 8.42 Å². The van der Waals surface area contributed by atoms with E-state index in [0.717, 1.165) is 12.8 Å². The molecule has 0 N–H and O–H groups in total. The van der Waals surface area contributed by atoms with Crippen LogP contribution in [-0.2, 0) is 43.4 Å². The van der Waals surface area contributed by atoms with Gasteiger partial charge >= 0.3 is 68.8 Å². The second kappa shape index (κ2) is 22.7. The molecule has 1 aromatic carbocycles. The number of sulfonamides is 1. The number of rotatable bonds is 16. The first-order valence-corrected chi connectivity index (χ1v) is 21.4. The van der Waals surface area contributed by atoms with E-state index in [9.17, 15) is 36.0 Å². The van der Waals surface area contributed by atoms with Crippen molar-refractivity contribution in [1.29, 1.82) is 0 Å². The first kappa shape index (κ1) is 53.9. The molecule has 1 amide bonds. The molecular formula is C42H67F3KNO9S. The number of alkyl halides is 3. The van der Waals surface area contributed by atoms with E-state index in [0.29, 0.717) is 57.5 Å². The zero-order valence-corrected chi connectivity index (χ0v) is 40.4. The van der Waals surface area contributed by atoms with Crippen LogP contribution in [0.3, 0.4) is 0 Å². The molecule has 57 heavy (non-hydrogen) atoms. The predicted octanol–water partition coefficient (Wildman–Crippen LogP) is 7.01. The van der Waals surface area contributed by atoms with Crippen LogP contribution < -0.4 is 51.4 Å². The minimum atomic E-state index is -5.89. The minimum absolute atomic E-state index is 0. The van der Waals surface area contributed by atoms with Crippen LogP contribution in [0.5, 0.6) is 0 Å². The Bertz CT molecular complexity index is 1530. The van der Waals surface area contributed by atoms with Gasteiger partial charge in [-0.15, -0.1) is 0 Å². The van der Waals surface area contributed by atoms with Crippen molar-refractivity contribution in [1.82, 2.24) is 0 Å². The Hall–Kier alpha value is -1.07. The van der Waals surface area contributed by atoms with Crippen LogP contribution in [0, 0.1) is 28.1 Å². The largest absolute Gasteiger partial charge is 1.00 e. The molecule has 1 aromatic rings. The third-order valence-corrected chi connectivity index (χ3v) is 12.8. The van der Waals surface area contributed by atoms with Crippen LogP contribution in [0.4, 0.5) is 13.2 Å². The van der Waals surface area contributed by atoms with Gasteiger partial charge in [-0.2, -0.15) is 13.2 Å². The summed E-state index contributed by atoms with van der Waals surface area (Å²) in [6.07, 6.45) is 5.07. The third kappa shape index (κ3) is 15.4. The first-order valence-electron chi connectivity index (χ1n) is 20.0. The summed E-state index contributed by atoms with van der Waals surface area (Å²) in [5, 5.41) is 0. The van der Waals surface area contributed by atoms with Crippen LogP contribution in [0.2, 0.25) is 0 Å². The predicted molar refractivity (Wildman–Crippen MR) is 210 cm³/mol. The van der Waals surface area contributed by atoms with Gasteiger partial charge in [-0.05, 0) is 120 Å². The Morgan fingerprint density at radius 2 is 1.30 bits per heavy atom. The molecule has 4 fully saturated rings. The number of esters is 2. The van der Waals surface area contributed by atoms with E-state index in [1.807, 2.05) is 27.7 Å². The molecule has 4 aliphatic rings. The summed E-state index contributed by atoms with van der Waals surface area (Å²) in [4.78, 5) is 36.8. The van der Waals surface area contributed by atoms with Crippen molar-refractivity contribution in [2.24, 2.45) is 28.1 Å². The third-order valence-electron chi connectivity index (χ3n) is 11.8. The number of carbonyl (C=O) groups excluding carboxylic acids is 3. The number of hydrogen-bond acceptors (Lipinski definition) is 9. The zero-order valence-electron chi connectivity index (χ0n) is 36.5. The van der Waals surface area contributed by atoms with Gasteiger partial charge in [0.2, 0.25) is 0 Å². The number of benzene rings is 1. The maximum absolute atomic E-state index is 12.7. The van der Waals surface area contributed by atoms with Crippen molar-refractivity contribution in [3.63, 3.8) is 0 Å². The maximum atomic E-state index is 12.7.